The molecule has 0 aromatic heterocycles. The van der Waals surface area contributed by atoms with E-state index in [1.165, 1.54) is 12.8 Å². The van der Waals surface area contributed by atoms with Gasteiger partial charge in [-0.1, -0.05) is 45.5 Å². The topological polar surface area (TPSA) is 37.3 Å². The highest BCUT2D eigenvalue weighted by Crippen LogP contribution is 2.66. The quantitative estimate of drug-likeness (QED) is 0.625. The second-order valence-corrected chi connectivity index (χ2v) is 6.53. The molecule has 2 aliphatic rings. The maximum atomic E-state index is 11.9. The summed E-state index contributed by atoms with van der Waals surface area (Å²) in [6.07, 6.45) is 5.86. The predicted octanol–water partition coefficient (Wildman–Crippen LogP) is 3.10. The SMILES string of the molecule is CCCCCC#C[C@]1(O)C(C)=CC(=O)[C@@H]2[C@H]1C2(C)C. The van der Waals surface area contributed by atoms with Crippen LogP contribution < -0.4 is 0 Å². The Balaban J connectivity index is 2.17. The summed E-state index contributed by atoms with van der Waals surface area (Å²) in [5.74, 6) is 6.25. The molecular weight excluding hydrogens is 236 g/mol. The van der Waals surface area contributed by atoms with Crippen molar-refractivity contribution in [2.24, 2.45) is 17.3 Å². The third kappa shape index (κ3) is 2.25. The summed E-state index contributed by atoms with van der Waals surface area (Å²) in [5.41, 5.74) is -0.501. The van der Waals surface area contributed by atoms with Gasteiger partial charge in [-0.15, -0.1) is 0 Å². The smallest absolute Gasteiger partial charge is 0.159 e. The van der Waals surface area contributed by atoms with Crippen LogP contribution in [0.15, 0.2) is 11.6 Å². The molecule has 104 valence electrons. The lowest BCUT2D eigenvalue weighted by atomic mass is 9.82. The standard InChI is InChI=1S/C17H24O2/c1-5-6-7-8-9-10-17(19)12(2)11-13(18)14-15(17)16(14,3)4/h11,14-15,19H,5-8H2,1-4H3/t14-,15+,17+/m1/s1. The Bertz CT molecular complexity index is 475. The molecule has 2 aliphatic carbocycles. The van der Waals surface area contributed by atoms with Crippen LogP contribution in [0.5, 0.6) is 0 Å². The first-order valence-electron chi connectivity index (χ1n) is 7.30. The Morgan fingerprint density at radius 3 is 2.68 bits per heavy atom. The number of rotatable bonds is 3. The van der Waals surface area contributed by atoms with Crippen molar-refractivity contribution in [3.63, 3.8) is 0 Å². The number of fused-ring (bicyclic) bond motifs is 1. The third-order valence-electron chi connectivity index (χ3n) is 4.73. The van der Waals surface area contributed by atoms with Gasteiger partial charge in [0.25, 0.3) is 0 Å². The molecule has 19 heavy (non-hydrogen) atoms. The summed E-state index contributed by atoms with van der Waals surface area (Å²) in [6.45, 7) is 8.09. The van der Waals surface area contributed by atoms with E-state index in [1.807, 2.05) is 6.92 Å². The lowest BCUT2D eigenvalue weighted by Crippen LogP contribution is -2.36. The molecule has 0 aromatic carbocycles. The number of hydrogen-bond acceptors (Lipinski definition) is 2. The monoisotopic (exact) mass is 260 g/mol. The highest BCUT2D eigenvalue weighted by atomic mass is 16.3. The van der Waals surface area contributed by atoms with Crippen LogP contribution in [0, 0.1) is 29.1 Å². The van der Waals surface area contributed by atoms with Crippen molar-refractivity contribution >= 4 is 5.78 Å². The van der Waals surface area contributed by atoms with Crippen molar-refractivity contribution in [3.8, 4) is 11.8 Å². The maximum Gasteiger partial charge on any atom is 0.159 e. The largest absolute Gasteiger partial charge is 0.373 e. The fraction of sp³-hybridized carbons (Fsp3) is 0.706. The van der Waals surface area contributed by atoms with E-state index >= 15 is 0 Å². The van der Waals surface area contributed by atoms with Crippen molar-refractivity contribution in [2.75, 3.05) is 0 Å². The van der Waals surface area contributed by atoms with Crippen LogP contribution in [0.25, 0.3) is 0 Å². The van der Waals surface area contributed by atoms with E-state index in [0.29, 0.717) is 5.57 Å². The Morgan fingerprint density at radius 1 is 1.37 bits per heavy atom. The van der Waals surface area contributed by atoms with Gasteiger partial charge in [-0.25, -0.2) is 0 Å². The first-order chi connectivity index (χ1) is 8.85. The normalized spacial score (nSPS) is 35.0. The zero-order valence-electron chi connectivity index (χ0n) is 12.4. The molecule has 2 rings (SSSR count). The molecule has 0 aliphatic heterocycles. The van der Waals surface area contributed by atoms with E-state index < -0.39 is 5.60 Å². The number of allylic oxidation sites excluding steroid dienone is 1. The van der Waals surface area contributed by atoms with Crippen LogP contribution in [0.3, 0.4) is 0 Å². The van der Waals surface area contributed by atoms with Gasteiger partial charge in [-0.05, 0) is 30.4 Å². The molecule has 2 nitrogen and oxygen atoms in total. The lowest BCUT2D eigenvalue weighted by Gasteiger charge is -2.27. The van der Waals surface area contributed by atoms with Crippen molar-refractivity contribution in [2.45, 2.75) is 59.0 Å². The first-order valence-corrected chi connectivity index (χ1v) is 7.30. The number of hydrogen-bond donors (Lipinski definition) is 1. The van der Waals surface area contributed by atoms with E-state index in [4.69, 9.17) is 0 Å². The van der Waals surface area contributed by atoms with Crippen molar-refractivity contribution in [1.82, 2.24) is 0 Å². The van der Waals surface area contributed by atoms with Gasteiger partial charge in [0.2, 0.25) is 0 Å². The van der Waals surface area contributed by atoms with Gasteiger partial charge in [0.1, 0.15) is 0 Å². The summed E-state index contributed by atoms with van der Waals surface area (Å²) >= 11 is 0. The third-order valence-corrected chi connectivity index (χ3v) is 4.73. The molecule has 1 fully saturated rings. The van der Waals surface area contributed by atoms with Gasteiger partial charge in [0, 0.05) is 18.3 Å². The molecular formula is C17H24O2. The van der Waals surface area contributed by atoms with E-state index in [-0.39, 0.29) is 23.0 Å². The molecule has 0 unspecified atom stereocenters. The Labute approximate surface area is 116 Å². The first kappa shape index (κ1) is 14.3. The summed E-state index contributed by atoms with van der Waals surface area (Å²) in [6, 6.07) is 0. The van der Waals surface area contributed by atoms with E-state index in [0.717, 1.165) is 12.8 Å². The van der Waals surface area contributed by atoms with Crippen LogP contribution >= 0.6 is 0 Å². The molecule has 3 atom stereocenters. The molecule has 0 aromatic rings. The van der Waals surface area contributed by atoms with Gasteiger partial charge in [-0.3, -0.25) is 4.79 Å². The van der Waals surface area contributed by atoms with Gasteiger partial charge in [-0.2, -0.15) is 0 Å². The molecule has 0 saturated heterocycles. The summed E-state index contributed by atoms with van der Waals surface area (Å²) < 4.78 is 0. The highest BCUT2D eigenvalue weighted by Gasteiger charge is 2.70. The zero-order valence-corrected chi connectivity index (χ0v) is 12.4. The maximum absolute atomic E-state index is 11.9. The molecule has 0 heterocycles. The summed E-state index contributed by atoms with van der Waals surface area (Å²) in [4.78, 5) is 11.9. The van der Waals surface area contributed by atoms with E-state index in [9.17, 15) is 9.90 Å². The van der Waals surface area contributed by atoms with Crippen LogP contribution in [0.2, 0.25) is 0 Å². The second kappa shape index (κ2) is 4.80. The van der Waals surface area contributed by atoms with Crippen LogP contribution in [0.4, 0.5) is 0 Å². The molecule has 0 bridgehead atoms. The Kier molecular flexibility index (Phi) is 3.62. The Hall–Kier alpha value is -1.07. The van der Waals surface area contributed by atoms with Crippen LogP contribution in [0.1, 0.15) is 53.4 Å². The summed E-state index contributed by atoms with van der Waals surface area (Å²) in [7, 11) is 0. The minimum Gasteiger partial charge on any atom is -0.373 e. The molecule has 0 amide bonds. The van der Waals surface area contributed by atoms with Gasteiger partial charge < -0.3 is 5.11 Å². The van der Waals surface area contributed by atoms with Crippen LogP contribution in [-0.2, 0) is 4.79 Å². The predicted molar refractivity (Wildman–Crippen MR) is 76.4 cm³/mol. The minimum atomic E-state index is -1.09. The number of unbranched alkanes of at least 4 members (excludes halogenated alkanes) is 3. The van der Waals surface area contributed by atoms with Gasteiger partial charge in [0.15, 0.2) is 11.4 Å². The van der Waals surface area contributed by atoms with Crippen molar-refractivity contribution < 1.29 is 9.90 Å². The number of carbonyl (C=O) groups excluding carboxylic acids is 1. The zero-order chi connectivity index (χ0) is 14.3. The molecule has 1 saturated carbocycles. The van der Waals surface area contributed by atoms with Crippen molar-refractivity contribution in [1.29, 1.82) is 0 Å². The van der Waals surface area contributed by atoms with Crippen molar-refractivity contribution in [3.05, 3.63) is 11.6 Å². The molecule has 0 radical (unpaired) electrons. The highest BCUT2D eigenvalue weighted by molar-refractivity contribution is 5.98. The molecule has 0 spiro atoms. The average Bonchev–Trinajstić information content (AvgIpc) is 2.91. The van der Waals surface area contributed by atoms with E-state index in [2.05, 4.69) is 32.6 Å². The van der Waals surface area contributed by atoms with Gasteiger partial charge >= 0.3 is 0 Å². The van der Waals surface area contributed by atoms with E-state index in [1.54, 1.807) is 6.08 Å². The number of carbonyl (C=O) groups is 1. The molecule has 1 N–H and O–H groups in total. The minimum absolute atomic E-state index is 0.0313. The van der Waals surface area contributed by atoms with Gasteiger partial charge in [0.05, 0.1) is 0 Å². The fourth-order valence-corrected chi connectivity index (χ4v) is 3.44. The molecule has 2 heteroatoms. The Morgan fingerprint density at radius 2 is 2.05 bits per heavy atom. The fourth-order valence-electron chi connectivity index (χ4n) is 3.44. The lowest BCUT2D eigenvalue weighted by molar-refractivity contribution is -0.117. The average molecular weight is 260 g/mol. The number of aliphatic hydroxyl groups is 1. The number of ketones is 1. The van der Waals surface area contributed by atoms with Crippen LogP contribution in [-0.4, -0.2) is 16.5 Å². The summed E-state index contributed by atoms with van der Waals surface area (Å²) in [5, 5.41) is 10.9. The second-order valence-electron chi connectivity index (χ2n) is 6.53.